The first-order valence-electron chi connectivity index (χ1n) is 7.92. The van der Waals surface area contributed by atoms with E-state index < -0.39 is 27.9 Å². The van der Waals surface area contributed by atoms with E-state index in [2.05, 4.69) is 5.32 Å². The highest BCUT2D eigenvalue weighted by Gasteiger charge is 2.31. The van der Waals surface area contributed by atoms with Gasteiger partial charge in [-0.05, 0) is 42.8 Å². The number of benzene rings is 2. The third-order valence-corrected chi connectivity index (χ3v) is 4.92. The molecule has 0 fully saturated rings. The second-order valence-corrected chi connectivity index (χ2v) is 7.55. The number of aromatic carboxylic acids is 1. The van der Waals surface area contributed by atoms with Gasteiger partial charge in [0.25, 0.3) is 0 Å². The molecule has 138 valence electrons. The first-order valence-corrected chi connectivity index (χ1v) is 9.77. The third-order valence-electron chi connectivity index (χ3n) is 3.74. The summed E-state index contributed by atoms with van der Waals surface area (Å²) in [6.07, 6.45) is 1.32. The number of nitrogens with zero attached hydrogens (tertiary/aromatic N) is 1. The fraction of sp³-hybridized carbons (Fsp3) is 0.222. The van der Waals surface area contributed by atoms with Gasteiger partial charge in [0.2, 0.25) is 15.9 Å². The molecule has 0 aliphatic carbocycles. The second kappa shape index (κ2) is 8.01. The summed E-state index contributed by atoms with van der Waals surface area (Å²) in [7, 11) is -3.69. The molecule has 0 bridgehead atoms. The lowest BCUT2D eigenvalue weighted by Crippen LogP contribution is -2.46. The second-order valence-electron chi connectivity index (χ2n) is 5.69. The molecule has 26 heavy (non-hydrogen) atoms. The number of hydrogen-bond donors (Lipinski definition) is 2. The Hall–Kier alpha value is -2.87. The lowest BCUT2D eigenvalue weighted by atomic mass is 10.1. The molecule has 2 aromatic rings. The van der Waals surface area contributed by atoms with Crippen molar-refractivity contribution in [1.29, 1.82) is 0 Å². The van der Waals surface area contributed by atoms with Crippen LogP contribution in [0.5, 0.6) is 0 Å². The highest BCUT2D eigenvalue weighted by molar-refractivity contribution is 7.92. The van der Waals surface area contributed by atoms with Gasteiger partial charge in [-0.1, -0.05) is 25.1 Å². The molecular formula is C18H20N2O5S. The molecular weight excluding hydrogens is 356 g/mol. The zero-order chi connectivity index (χ0) is 19.3. The van der Waals surface area contributed by atoms with Crippen LogP contribution in [0.3, 0.4) is 0 Å². The van der Waals surface area contributed by atoms with E-state index in [0.717, 1.165) is 10.6 Å². The van der Waals surface area contributed by atoms with E-state index in [9.17, 15) is 18.0 Å². The first kappa shape index (κ1) is 19.5. The lowest BCUT2D eigenvalue weighted by Gasteiger charge is -2.30. The van der Waals surface area contributed by atoms with Crippen LogP contribution in [0.1, 0.15) is 23.7 Å². The topological polar surface area (TPSA) is 104 Å². The fourth-order valence-electron chi connectivity index (χ4n) is 2.56. The SMILES string of the molecule is CCC(C(=O)Nc1ccc(C(=O)O)cc1)N(c1ccccc1)S(C)(=O)=O. The van der Waals surface area contributed by atoms with Gasteiger partial charge < -0.3 is 10.4 Å². The van der Waals surface area contributed by atoms with Gasteiger partial charge in [-0.3, -0.25) is 9.10 Å². The average molecular weight is 376 g/mol. The monoisotopic (exact) mass is 376 g/mol. The minimum absolute atomic E-state index is 0.0945. The molecule has 1 atom stereocenters. The molecule has 8 heteroatoms. The van der Waals surface area contributed by atoms with Crippen LogP contribution >= 0.6 is 0 Å². The van der Waals surface area contributed by atoms with Crippen LogP contribution in [0, 0.1) is 0 Å². The number of para-hydroxylation sites is 1. The van der Waals surface area contributed by atoms with Crippen LogP contribution < -0.4 is 9.62 Å². The van der Waals surface area contributed by atoms with Crippen LogP contribution in [-0.2, 0) is 14.8 Å². The zero-order valence-corrected chi connectivity index (χ0v) is 15.2. The molecule has 0 saturated carbocycles. The normalized spacial score (nSPS) is 12.2. The summed E-state index contributed by atoms with van der Waals surface area (Å²) in [4.78, 5) is 23.6. The van der Waals surface area contributed by atoms with Crippen molar-refractivity contribution in [3.8, 4) is 0 Å². The van der Waals surface area contributed by atoms with Crippen molar-refractivity contribution in [1.82, 2.24) is 0 Å². The van der Waals surface area contributed by atoms with E-state index >= 15 is 0 Å². The van der Waals surface area contributed by atoms with Gasteiger partial charge in [-0.2, -0.15) is 0 Å². The summed E-state index contributed by atoms with van der Waals surface area (Å²) >= 11 is 0. The number of carboxylic acids is 1. The predicted octanol–water partition coefficient (Wildman–Crippen LogP) is 2.57. The summed E-state index contributed by atoms with van der Waals surface area (Å²) < 4.78 is 25.7. The summed E-state index contributed by atoms with van der Waals surface area (Å²) in [5.41, 5.74) is 0.885. The quantitative estimate of drug-likeness (QED) is 0.773. The predicted molar refractivity (Wildman–Crippen MR) is 99.9 cm³/mol. The maximum Gasteiger partial charge on any atom is 0.335 e. The van der Waals surface area contributed by atoms with Crippen molar-refractivity contribution < 1.29 is 23.1 Å². The largest absolute Gasteiger partial charge is 0.478 e. The van der Waals surface area contributed by atoms with Gasteiger partial charge in [0, 0.05) is 5.69 Å². The number of rotatable bonds is 7. The maximum atomic E-state index is 12.7. The van der Waals surface area contributed by atoms with Crippen molar-refractivity contribution in [3.63, 3.8) is 0 Å². The van der Waals surface area contributed by atoms with Crippen LogP contribution in [0.15, 0.2) is 54.6 Å². The molecule has 0 aliphatic rings. The Morgan fingerprint density at radius 2 is 1.65 bits per heavy atom. The van der Waals surface area contributed by atoms with E-state index in [1.807, 2.05) is 0 Å². The molecule has 0 spiro atoms. The molecule has 0 heterocycles. The van der Waals surface area contributed by atoms with Crippen molar-refractivity contribution in [2.45, 2.75) is 19.4 Å². The average Bonchev–Trinajstić information content (AvgIpc) is 2.59. The van der Waals surface area contributed by atoms with Crippen molar-refractivity contribution in [2.75, 3.05) is 15.9 Å². The zero-order valence-electron chi connectivity index (χ0n) is 14.4. The summed E-state index contributed by atoms with van der Waals surface area (Å²) in [6, 6.07) is 13.1. The summed E-state index contributed by atoms with van der Waals surface area (Å²) in [5.74, 6) is -1.56. The molecule has 2 N–H and O–H groups in total. The van der Waals surface area contributed by atoms with Crippen molar-refractivity contribution >= 4 is 33.3 Å². The molecule has 0 aromatic heterocycles. The third kappa shape index (κ3) is 4.60. The number of hydrogen-bond acceptors (Lipinski definition) is 4. The van der Waals surface area contributed by atoms with Gasteiger partial charge in [0.05, 0.1) is 17.5 Å². The molecule has 1 unspecified atom stereocenters. The van der Waals surface area contributed by atoms with Gasteiger partial charge in [-0.15, -0.1) is 0 Å². The Morgan fingerprint density at radius 3 is 2.12 bits per heavy atom. The summed E-state index contributed by atoms with van der Waals surface area (Å²) in [5, 5.41) is 11.6. The molecule has 1 amide bonds. The smallest absolute Gasteiger partial charge is 0.335 e. The van der Waals surface area contributed by atoms with Crippen molar-refractivity contribution in [3.05, 3.63) is 60.2 Å². The van der Waals surface area contributed by atoms with Gasteiger partial charge in [0.15, 0.2) is 0 Å². The Kier molecular flexibility index (Phi) is 5.99. The van der Waals surface area contributed by atoms with E-state index in [1.54, 1.807) is 37.3 Å². The van der Waals surface area contributed by atoms with Crippen LogP contribution in [0.2, 0.25) is 0 Å². The highest BCUT2D eigenvalue weighted by Crippen LogP contribution is 2.23. The van der Waals surface area contributed by atoms with E-state index in [1.165, 1.54) is 24.3 Å². The fourth-order valence-corrected chi connectivity index (χ4v) is 3.77. The molecule has 0 saturated heterocycles. The number of carboxylic acid groups (broad SMARTS) is 1. The number of carbonyl (C=O) groups excluding carboxylic acids is 1. The van der Waals surface area contributed by atoms with E-state index in [4.69, 9.17) is 5.11 Å². The van der Waals surface area contributed by atoms with Gasteiger partial charge in [-0.25, -0.2) is 13.2 Å². The Morgan fingerprint density at radius 1 is 1.08 bits per heavy atom. The number of sulfonamides is 1. The number of nitrogens with one attached hydrogen (secondary N) is 1. The molecule has 7 nitrogen and oxygen atoms in total. The van der Waals surface area contributed by atoms with Crippen LogP contribution in [-0.4, -0.2) is 37.7 Å². The Bertz CT molecular complexity index is 880. The van der Waals surface area contributed by atoms with Gasteiger partial charge >= 0.3 is 5.97 Å². The van der Waals surface area contributed by atoms with E-state index in [-0.39, 0.29) is 12.0 Å². The molecule has 0 radical (unpaired) electrons. The Labute approximate surface area is 152 Å². The molecule has 2 rings (SSSR count). The lowest BCUT2D eigenvalue weighted by molar-refractivity contribution is -0.117. The minimum atomic E-state index is -3.69. The summed E-state index contributed by atoms with van der Waals surface area (Å²) in [6.45, 7) is 1.72. The molecule has 2 aromatic carbocycles. The highest BCUT2D eigenvalue weighted by atomic mass is 32.2. The minimum Gasteiger partial charge on any atom is -0.478 e. The number of anilines is 2. The van der Waals surface area contributed by atoms with Crippen LogP contribution in [0.4, 0.5) is 11.4 Å². The first-order chi connectivity index (χ1) is 12.2. The molecule has 0 aliphatic heterocycles. The number of carbonyl (C=O) groups is 2. The number of amides is 1. The maximum absolute atomic E-state index is 12.7. The van der Waals surface area contributed by atoms with Crippen molar-refractivity contribution in [2.24, 2.45) is 0 Å². The Balaban J connectivity index is 2.29. The van der Waals surface area contributed by atoms with Crippen LogP contribution in [0.25, 0.3) is 0 Å². The van der Waals surface area contributed by atoms with E-state index in [0.29, 0.717) is 11.4 Å². The standard InChI is InChI=1S/C18H20N2O5S/c1-3-16(20(26(2,24)25)15-7-5-4-6-8-15)17(21)19-14-11-9-13(10-12-14)18(22)23/h4-12,16H,3H2,1-2H3,(H,19,21)(H,22,23). The van der Waals surface area contributed by atoms with Gasteiger partial charge in [0.1, 0.15) is 6.04 Å².